The summed E-state index contributed by atoms with van der Waals surface area (Å²) < 4.78 is 11.3. The number of hydrogen-bond donors (Lipinski definition) is 1. The number of hydrogen-bond acceptors (Lipinski definition) is 5. The number of carbonyl (C=O) groups excluding carboxylic acids is 1. The Kier molecular flexibility index (Phi) is 4.56. The van der Waals surface area contributed by atoms with Crippen molar-refractivity contribution >= 4 is 5.91 Å². The molecule has 1 fully saturated rings. The lowest BCUT2D eigenvalue weighted by molar-refractivity contribution is 0.0750. The van der Waals surface area contributed by atoms with E-state index in [1.165, 1.54) is 0 Å². The summed E-state index contributed by atoms with van der Waals surface area (Å²) in [6.07, 6.45) is 4.55. The summed E-state index contributed by atoms with van der Waals surface area (Å²) in [6.45, 7) is 5.02. The lowest BCUT2D eigenvalue weighted by Crippen LogP contribution is -2.35. The van der Waals surface area contributed by atoms with Crippen LogP contribution in [0.2, 0.25) is 0 Å². The predicted octanol–water partition coefficient (Wildman–Crippen LogP) is 1.53. The van der Waals surface area contributed by atoms with E-state index in [-0.39, 0.29) is 5.91 Å². The Bertz CT molecular complexity index is 732. The Balaban J connectivity index is 1.44. The topological polar surface area (TPSA) is 70.7 Å². The number of imidazole rings is 1. The number of para-hydroxylation sites is 1. The molecule has 2 aliphatic rings. The lowest BCUT2D eigenvalue weighted by Gasteiger charge is -2.25. The van der Waals surface area contributed by atoms with Crippen LogP contribution in [0.1, 0.15) is 22.6 Å². The van der Waals surface area contributed by atoms with Crippen molar-refractivity contribution in [1.82, 2.24) is 19.8 Å². The second-order valence-electron chi connectivity index (χ2n) is 6.29. The first-order valence-corrected chi connectivity index (χ1v) is 8.70. The third kappa shape index (κ3) is 3.46. The third-order valence-electron chi connectivity index (χ3n) is 4.60. The summed E-state index contributed by atoms with van der Waals surface area (Å²) in [6, 6.07) is 5.52. The van der Waals surface area contributed by atoms with Gasteiger partial charge in [-0.25, -0.2) is 4.98 Å². The number of benzene rings is 1. The first kappa shape index (κ1) is 16.0. The molecule has 0 aliphatic carbocycles. The number of carbonyl (C=O) groups is 1. The van der Waals surface area contributed by atoms with E-state index in [1.54, 1.807) is 6.20 Å². The summed E-state index contributed by atoms with van der Waals surface area (Å²) in [5, 5.41) is 0. The molecule has 1 aromatic heterocycles. The van der Waals surface area contributed by atoms with Crippen LogP contribution in [0.3, 0.4) is 0 Å². The summed E-state index contributed by atoms with van der Waals surface area (Å²) >= 11 is 0. The number of ether oxygens (including phenoxy) is 2. The van der Waals surface area contributed by atoms with Crippen molar-refractivity contribution in [2.45, 2.75) is 13.0 Å². The maximum Gasteiger partial charge on any atom is 0.257 e. The molecule has 0 unspecified atom stereocenters. The fourth-order valence-electron chi connectivity index (χ4n) is 3.34. The molecule has 0 bridgehead atoms. The highest BCUT2D eigenvalue weighted by Crippen LogP contribution is 2.34. The Morgan fingerprint density at radius 2 is 2.08 bits per heavy atom. The molecule has 2 aliphatic heterocycles. The summed E-state index contributed by atoms with van der Waals surface area (Å²) in [5.74, 6) is 2.21. The standard InChI is InChI=1S/C18H22N4O3/c23-18(14-3-1-4-15-17(14)25-12-11-24-15)22-8-2-7-21(9-10-22)13-16-19-5-6-20-16/h1,3-6H,2,7-13H2,(H,19,20). The highest BCUT2D eigenvalue weighted by molar-refractivity contribution is 5.98. The van der Waals surface area contributed by atoms with Crippen LogP contribution in [0, 0.1) is 0 Å². The highest BCUT2D eigenvalue weighted by atomic mass is 16.6. The monoisotopic (exact) mass is 342 g/mol. The van der Waals surface area contributed by atoms with Gasteiger partial charge in [0.1, 0.15) is 19.0 Å². The summed E-state index contributed by atoms with van der Waals surface area (Å²) in [4.78, 5) is 24.7. The van der Waals surface area contributed by atoms with E-state index in [0.717, 1.165) is 38.4 Å². The van der Waals surface area contributed by atoms with Crippen LogP contribution in [-0.4, -0.2) is 65.1 Å². The van der Waals surface area contributed by atoms with Gasteiger partial charge in [-0.1, -0.05) is 6.07 Å². The molecular formula is C18H22N4O3. The Morgan fingerprint density at radius 3 is 2.96 bits per heavy atom. The van der Waals surface area contributed by atoms with Gasteiger partial charge in [0, 0.05) is 38.6 Å². The van der Waals surface area contributed by atoms with Gasteiger partial charge >= 0.3 is 0 Å². The molecule has 1 N–H and O–H groups in total. The van der Waals surface area contributed by atoms with Gasteiger partial charge in [-0.15, -0.1) is 0 Å². The SMILES string of the molecule is O=C(c1cccc2c1OCCO2)N1CCCN(Cc2ncc[nH]2)CC1. The van der Waals surface area contributed by atoms with Crippen molar-refractivity contribution in [3.63, 3.8) is 0 Å². The summed E-state index contributed by atoms with van der Waals surface area (Å²) in [5.41, 5.74) is 0.594. The van der Waals surface area contributed by atoms with E-state index in [0.29, 0.717) is 36.8 Å². The Morgan fingerprint density at radius 1 is 1.16 bits per heavy atom. The van der Waals surface area contributed by atoms with Crippen molar-refractivity contribution in [1.29, 1.82) is 0 Å². The van der Waals surface area contributed by atoms with Crippen LogP contribution in [0.5, 0.6) is 11.5 Å². The number of fused-ring (bicyclic) bond motifs is 1. The molecule has 25 heavy (non-hydrogen) atoms. The molecule has 1 saturated heterocycles. The normalized spacial score (nSPS) is 18.0. The second kappa shape index (κ2) is 7.14. The molecule has 7 nitrogen and oxygen atoms in total. The van der Waals surface area contributed by atoms with Crippen LogP contribution >= 0.6 is 0 Å². The van der Waals surface area contributed by atoms with Crippen LogP contribution in [0.25, 0.3) is 0 Å². The zero-order valence-corrected chi connectivity index (χ0v) is 14.1. The van der Waals surface area contributed by atoms with Crippen LogP contribution < -0.4 is 9.47 Å². The van der Waals surface area contributed by atoms with Gasteiger partial charge in [0.25, 0.3) is 5.91 Å². The number of rotatable bonds is 3. The zero-order valence-electron chi connectivity index (χ0n) is 14.1. The summed E-state index contributed by atoms with van der Waals surface area (Å²) in [7, 11) is 0. The molecular weight excluding hydrogens is 320 g/mol. The number of amides is 1. The highest BCUT2D eigenvalue weighted by Gasteiger charge is 2.26. The largest absolute Gasteiger partial charge is 0.486 e. The molecule has 0 saturated carbocycles. The minimum atomic E-state index is 0.0159. The maximum absolute atomic E-state index is 13.0. The quantitative estimate of drug-likeness (QED) is 0.916. The van der Waals surface area contributed by atoms with Crippen molar-refractivity contribution < 1.29 is 14.3 Å². The van der Waals surface area contributed by atoms with Gasteiger partial charge in [-0.2, -0.15) is 0 Å². The number of H-pyrrole nitrogens is 1. The van der Waals surface area contributed by atoms with E-state index >= 15 is 0 Å². The Labute approximate surface area is 146 Å². The molecule has 0 spiro atoms. The van der Waals surface area contributed by atoms with Gasteiger partial charge in [0.15, 0.2) is 11.5 Å². The maximum atomic E-state index is 13.0. The van der Waals surface area contributed by atoms with E-state index in [4.69, 9.17) is 9.47 Å². The molecule has 4 rings (SSSR count). The molecule has 1 aromatic carbocycles. The van der Waals surface area contributed by atoms with E-state index in [2.05, 4.69) is 14.9 Å². The number of aromatic nitrogens is 2. The first-order valence-electron chi connectivity index (χ1n) is 8.70. The van der Waals surface area contributed by atoms with Gasteiger partial charge in [0.05, 0.1) is 12.1 Å². The van der Waals surface area contributed by atoms with Crippen molar-refractivity contribution in [2.75, 3.05) is 39.4 Å². The van der Waals surface area contributed by atoms with Gasteiger partial charge in [-0.3, -0.25) is 9.69 Å². The zero-order chi connectivity index (χ0) is 17.1. The molecule has 7 heteroatoms. The van der Waals surface area contributed by atoms with Crippen LogP contribution in [0.15, 0.2) is 30.6 Å². The number of nitrogens with one attached hydrogen (secondary N) is 1. The van der Waals surface area contributed by atoms with Crippen molar-refractivity contribution in [2.24, 2.45) is 0 Å². The molecule has 3 heterocycles. The molecule has 0 atom stereocenters. The Hall–Kier alpha value is -2.54. The van der Waals surface area contributed by atoms with Crippen LogP contribution in [0.4, 0.5) is 0 Å². The predicted molar refractivity (Wildman–Crippen MR) is 91.8 cm³/mol. The molecule has 1 amide bonds. The average Bonchev–Trinajstić information content (AvgIpc) is 3.05. The molecule has 132 valence electrons. The molecule has 0 radical (unpaired) electrons. The lowest BCUT2D eigenvalue weighted by atomic mass is 10.1. The van der Waals surface area contributed by atoms with Crippen molar-refractivity contribution in [3.05, 3.63) is 42.0 Å². The van der Waals surface area contributed by atoms with E-state index in [1.807, 2.05) is 29.3 Å². The van der Waals surface area contributed by atoms with Crippen molar-refractivity contribution in [3.8, 4) is 11.5 Å². The minimum Gasteiger partial charge on any atom is -0.486 e. The number of nitrogens with zero attached hydrogens (tertiary/aromatic N) is 3. The van der Waals surface area contributed by atoms with Gasteiger partial charge in [-0.05, 0) is 18.6 Å². The van der Waals surface area contributed by atoms with Crippen LogP contribution in [-0.2, 0) is 6.54 Å². The third-order valence-corrected chi connectivity index (χ3v) is 4.60. The smallest absolute Gasteiger partial charge is 0.257 e. The minimum absolute atomic E-state index is 0.0159. The first-order chi connectivity index (χ1) is 12.3. The fourth-order valence-corrected chi connectivity index (χ4v) is 3.34. The number of aromatic amines is 1. The van der Waals surface area contributed by atoms with Gasteiger partial charge < -0.3 is 19.4 Å². The second-order valence-corrected chi connectivity index (χ2v) is 6.29. The van der Waals surface area contributed by atoms with E-state index < -0.39 is 0 Å². The molecule has 2 aromatic rings. The fraction of sp³-hybridized carbons (Fsp3) is 0.444. The van der Waals surface area contributed by atoms with E-state index in [9.17, 15) is 4.79 Å². The van der Waals surface area contributed by atoms with Gasteiger partial charge in [0.2, 0.25) is 0 Å². The average molecular weight is 342 g/mol.